The van der Waals surface area contributed by atoms with Crippen LogP contribution >= 0.6 is 0 Å². The molecule has 4 rings (SSSR count). The number of benzene rings is 4. The van der Waals surface area contributed by atoms with Crippen molar-refractivity contribution in [2.45, 2.75) is 21.4 Å². The van der Waals surface area contributed by atoms with Crippen LogP contribution in [0.25, 0.3) is 0 Å². The summed E-state index contributed by atoms with van der Waals surface area (Å²) in [6.45, 7) is -3.67. The normalized spacial score (nSPS) is 10.4. The molecule has 1 nitrogen and oxygen atoms in total. The van der Waals surface area contributed by atoms with E-state index in [-0.39, 0.29) is 10.9 Å². The van der Waals surface area contributed by atoms with Crippen LogP contribution in [-0.4, -0.2) is 6.68 Å². The summed E-state index contributed by atoms with van der Waals surface area (Å²) in [4.78, 5) is 3.91. The van der Waals surface area contributed by atoms with E-state index < -0.39 is 6.68 Å². The maximum absolute atomic E-state index is 9.67. The molecule has 0 fully saturated rings. The van der Waals surface area contributed by atoms with E-state index in [4.69, 9.17) is 4.74 Å². The Morgan fingerprint density at radius 3 is 1.23 bits per heavy atom. The Morgan fingerprint density at radius 2 is 0.800 bits per heavy atom. The van der Waals surface area contributed by atoms with Crippen LogP contribution in [0.4, 0.5) is 13.2 Å². The quantitative estimate of drug-likeness (QED) is 0.297. The summed E-state index contributed by atoms with van der Waals surface area (Å²) in [6, 6.07) is 39.6. The first-order valence-electron chi connectivity index (χ1n) is 9.23. The van der Waals surface area contributed by atoms with E-state index in [0.717, 1.165) is 11.5 Å². The van der Waals surface area contributed by atoms with Crippen LogP contribution in [0.15, 0.2) is 130 Å². The molecule has 0 aliphatic rings. The first kappa shape index (κ1) is 21.5. The highest BCUT2D eigenvalue weighted by molar-refractivity contribution is 7.97. The molecular formula is C25H20F3OS+. The van der Waals surface area contributed by atoms with E-state index in [0.29, 0.717) is 0 Å². The minimum atomic E-state index is -3.67. The van der Waals surface area contributed by atoms with Gasteiger partial charge in [0.05, 0.1) is 10.9 Å². The molecule has 4 aromatic carbocycles. The average Bonchev–Trinajstić information content (AvgIpc) is 2.77. The van der Waals surface area contributed by atoms with Gasteiger partial charge in [-0.2, -0.15) is 13.2 Å². The summed E-state index contributed by atoms with van der Waals surface area (Å²) in [7, 11) is -0.125. The van der Waals surface area contributed by atoms with E-state index >= 15 is 0 Å². The maximum atomic E-state index is 9.67. The van der Waals surface area contributed by atoms with Crippen molar-refractivity contribution in [1.82, 2.24) is 0 Å². The molecular weight excluding hydrogens is 405 g/mol. The van der Waals surface area contributed by atoms with Crippen molar-refractivity contribution in [2.24, 2.45) is 0 Å². The summed E-state index contributed by atoms with van der Waals surface area (Å²) in [6.07, 6.45) is 0. The van der Waals surface area contributed by atoms with Crippen molar-refractivity contribution in [3.05, 3.63) is 115 Å². The predicted octanol–water partition coefficient (Wildman–Crippen LogP) is 7.75. The standard InChI is InChI=1S/C24H19OS.CHF3/c1-4-10-20(11-5-1)25-21-16-18-24(19-17-21)26(22-12-6-2-7-13-22)23-14-8-3-9-15-23;2-1(3)4/h1-19H;1H/q+1;. The highest BCUT2D eigenvalue weighted by atomic mass is 32.2. The van der Waals surface area contributed by atoms with Gasteiger partial charge in [-0.05, 0) is 60.7 Å². The lowest BCUT2D eigenvalue weighted by atomic mass is 10.3. The van der Waals surface area contributed by atoms with Crippen molar-refractivity contribution in [3.63, 3.8) is 0 Å². The highest BCUT2D eigenvalue weighted by Crippen LogP contribution is 2.32. The van der Waals surface area contributed by atoms with Crippen molar-refractivity contribution < 1.29 is 17.9 Å². The fraction of sp³-hybridized carbons (Fsp3) is 0.0400. The molecule has 5 heteroatoms. The zero-order chi connectivity index (χ0) is 21.2. The number of halogens is 3. The first-order chi connectivity index (χ1) is 14.6. The molecule has 0 saturated carbocycles. The summed E-state index contributed by atoms with van der Waals surface area (Å²) < 4.78 is 34.9. The molecule has 0 amide bonds. The molecule has 0 radical (unpaired) electrons. The van der Waals surface area contributed by atoms with E-state index in [9.17, 15) is 13.2 Å². The number of ether oxygens (including phenoxy) is 1. The van der Waals surface area contributed by atoms with Gasteiger partial charge in [-0.25, -0.2) is 0 Å². The van der Waals surface area contributed by atoms with Crippen molar-refractivity contribution in [3.8, 4) is 11.5 Å². The Labute approximate surface area is 177 Å². The minimum Gasteiger partial charge on any atom is -0.457 e. The molecule has 4 aromatic rings. The van der Waals surface area contributed by atoms with Crippen molar-refractivity contribution >= 4 is 10.9 Å². The third-order valence-electron chi connectivity index (χ3n) is 4.00. The van der Waals surface area contributed by atoms with Crippen LogP contribution in [0.2, 0.25) is 0 Å². The third kappa shape index (κ3) is 6.42. The number of hydrogen-bond donors (Lipinski definition) is 0. The first-order valence-corrected chi connectivity index (χ1v) is 10.5. The van der Waals surface area contributed by atoms with Crippen molar-refractivity contribution in [1.29, 1.82) is 0 Å². The fourth-order valence-electron chi connectivity index (χ4n) is 2.79. The van der Waals surface area contributed by atoms with Crippen LogP contribution in [0.3, 0.4) is 0 Å². The van der Waals surface area contributed by atoms with Gasteiger partial charge in [0.1, 0.15) is 11.5 Å². The Balaban J connectivity index is 0.000000589. The second kappa shape index (κ2) is 11.1. The monoisotopic (exact) mass is 425 g/mol. The SMILES string of the molecule is FC(F)F.c1ccc(Oc2ccc([S+](c3ccccc3)c3ccccc3)cc2)cc1. The molecule has 0 spiro atoms. The second-order valence-electron chi connectivity index (χ2n) is 6.07. The Kier molecular flexibility index (Phi) is 7.98. The molecule has 0 atom stereocenters. The van der Waals surface area contributed by atoms with Gasteiger partial charge < -0.3 is 4.74 Å². The zero-order valence-electron chi connectivity index (χ0n) is 16.0. The van der Waals surface area contributed by atoms with Gasteiger partial charge in [-0.1, -0.05) is 54.6 Å². The van der Waals surface area contributed by atoms with Crippen LogP contribution in [0.1, 0.15) is 0 Å². The van der Waals surface area contributed by atoms with Gasteiger partial charge in [0.2, 0.25) is 0 Å². The molecule has 0 aliphatic carbocycles. The summed E-state index contributed by atoms with van der Waals surface area (Å²) in [5, 5.41) is 0. The lowest BCUT2D eigenvalue weighted by Gasteiger charge is -2.09. The maximum Gasteiger partial charge on any atom is 0.379 e. The summed E-state index contributed by atoms with van der Waals surface area (Å²) >= 11 is 0. The van der Waals surface area contributed by atoms with E-state index in [2.05, 4.69) is 72.8 Å². The van der Waals surface area contributed by atoms with E-state index in [1.54, 1.807) is 0 Å². The van der Waals surface area contributed by atoms with Gasteiger partial charge in [-0.3, -0.25) is 0 Å². The van der Waals surface area contributed by atoms with Crippen LogP contribution < -0.4 is 4.74 Å². The second-order valence-corrected chi connectivity index (χ2v) is 8.09. The number of alkyl halides is 3. The third-order valence-corrected chi connectivity index (χ3v) is 6.23. The Morgan fingerprint density at radius 1 is 0.467 bits per heavy atom. The topological polar surface area (TPSA) is 9.23 Å². The van der Waals surface area contributed by atoms with Crippen LogP contribution in [0.5, 0.6) is 11.5 Å². The lowest BCUT2D eigenvalue weighted by molar-refractivity contribution is 0.00819. The van der Waals surface area contributed by atoms with Gasteiger partial charge >= 0.3 is 6.68 Å². The highest BCUT2D eigenvalue weighted by Gasteiger charge is 2.28. The molecule has 152 valence electrons. The van der Waals surface area contributed by atoms with Crippen LogP contribution in [-0.2, 0) is 10.9 Å². The van der Waals surface area contributed by atoms with Crippen LogP contribution in [0, 0.1) is 0 Å². The summed E-state index contributed by atoms with van der Waals surface area (Å²) in [5.74, 6) is 1.70. The van der Waals surface area contributed by atoms with E-state index in [1.165, 1.54) is 14.7 Å². The number of hydrogen-bond acceptors (Lipinski definition) is 1. The molecule has 0 unspecified atom stereocenters. The van der Waals surface area contributed by atoms with Gasteiger partial charge in [-0.15, -0.1) is 0 Å². The largest absolute Gasteiger partial charge is 0.457 e. The molecule has 0 saturated heterocycles. The van der Waals surface area contributed by atoms with Gasteiger partial charge in [0.15, 0.2) is 14.7 Å². The smallest absolute Gasteiger partial charge is 0.379 e. The number of rotatable bonds is 5. The Bertz CT molecular complexity index is 952. The molecule has 0 aliphatic heterocycles. The molecule has 0 heterocycles. The lowest BCUT2D eigenvalue weighted by Crippen LogP contribution is -2.04. The molecule has 30 heavy (non-hydrogen) atoms. The number of para-hydroxylation sites is 1. The minimum absolute atomic E-state index is 0.125. The summed E-state index contributed by atoms with van der Waals surface area (Å²) in [5.41, 5.74) is 0. The van der Waals surface area contributed by atoms with Gasteiger partial charge in [0.25, 0.3) is 0 Å². The molecule has 0 N–H and O–H groups in total. The van der Waals surface area contributed by atoms with E-state index in [1.807, 2.05) is 42.5 Å². The Hall–Kier alpha value is -3.18. The van der Waals surface area contributed by atoms with Gasteiger partial charge in [0, 0.05) is 0 Å². The molecule has 0 aromatic heterocycles. The predicted molar refractivity (Wildman–Crippen MR) is 115 cm³/mol. The fourth-order valence-corrected chi connectivity index (χ4v) is 4.87. The molecule has 0 bridgehead atoms. The van der Waals surface area contributed by atoms with Crippen molar-refractivity contribution in [2.75, 3.05) is 0 Å². The average molecular weight is 425 g/mol. The zero-order valence-corrected chi connectivity index (χ0v) is 16.8.